The van der Waals surface area contributed by atoms with Crippen LogP contribution in [0.4, 0.5) is 0 Å². The van der Waals surface area contributed by atoms with E-state index in [1.165, 1.54) is 12.7 Å². The second kappa shape index (κ2) is 13.9. The lowest BCUT2D eigenvalue weighted by molar-refractivity contribution is -0.101. The van der Waals surface area contributed by atoms with Crippen LogP contribution >= 0.6 is 23.2 Å². The molecule has 0 spiro atoms. The van der Waals surface area contributed by atoms with Gasteiger partial charge in [-0.3, -0.25) is 0 Å². The highest BCUT2D eigenvalue weighted by atomic mass is 35.5. The van der Waals surface area contributed by atoms with E-state index in [2.05, 4.69) is 20.2 Å². The van der Waals surface area contributed by atoms with Gasteiger partial charge in [-0.1, -0.05) is 82.9 Å². The van der Waals surface area contributed by atoms with Crippen LogP contribution in [0.5, 0.6) is 11.5 Å². The number of nitrogens with zero attached hydrogens (tertiary/aromatic N) is 6. The van der Waals surface area contributed by atoms with Gasteiger partial charge in [-0.25, -0.2) is 19.3 Å². The van der Waals surface area contributed by atoms with Crippen molar-refractivity contribution in [2.75, 3.05) is 13.2 Å². The van der Waals surface area contributed by atoms with Crippen LogP contribution in [0.25, 0.3) is 0 Å². The second-order valence-corrected chi connectivity index (χ2v) is 13.0. The summed E-state index contributed by atoms with van der Waals surface area (Å²) >= 11 is 11.9. The summed E-state index contributed by atoms with van der Waals surface area (Å²) in [6.45, 7) is 12.7. The highest BCUT2D eigenvalue weighted by Crippen LogP contribution is 2.34. The van der Waals surface area contributed by atoms with Crippen LogP contribution in [-0.4, -0.2) is 64.2 Å². The van der Waals surface area contributed by atoms with Crippen molar-refractivity contribution >= 4 is 23.2 Å². The van der Waals surface area contributed by atoms with Gasteiger partial charge in [-0.2, -0.15) is 10.2 Å². The van der Waals surface area contributed by atoms with Gasteiger partial charge in [0.2, 0.25) is 0 Å². The Kier molecular flexibility index (Phi) is 11.0. The summed E-state index contributed by atoms with van der Waals surface area (Å²) < 4.78 is 14.7. The number of rotatable bonds is 10. The molecule has 12 heteroatoms. The first-order chi connectivity index (χ1) is 19.6. The molecular weight excluding hydrogens is 579 g/mol. The maximum absolute atomic E-state index is 11.0. The lowest BCUT2D eigenvalue weighted by Crippen LogP contribution is -2.51. The molecule has 4 rings (SSSR count). The molecule has 0 aliphatic rings. The fraction of sp³-hybridized carbons (Fsp3) is 0.467. The van der Waals surface area contributed by atoms with Gasteiger partial charge in [0.25, 0.3) is 0 Å². The zero-order valence-corrected chi connectivity index (χ0v) is 26.4. The van der Waals surface area contributed by atoms with Gasteiger partial charge in [-0.15, -0.1) is 0 Å². The third-order valence-corrected chi connectivity index (χ3v) is 7.90. The van der Waals surface area contributed by atoms with Crippen molar-refractivity contribution in [3.8, 4) is 11.5 Å². The Hall–Kier alpha value is -3.18. The quantitative estimate of drug-likeness (QED) is 0.236. The molecule has 2 aromatic heterocycles. The first kappa shape index (κ1) is 33.3. The molecule has 2 unspecified atom stereocenters. The van der Waals surface area contributed by atoms with Gasteiger partial charge in [0.1, 0.15) is 61.2 Å². The third kappa shape index (κ3) is 9.16. The molecular formula is C30H40Cl2N6O4. The molecule has 2 heterocycles. The average molecular weight is 620 g/mol. The topological polar surface area (TPSA) is 120 Å². The van der Waals surface area contributed by atoms with Gasteiger partial charge in [0.15, 0.2) is 0 Å². The Morgan fingerprint density at radius 2 is 1.14 bits per heavy atom. The van der Waals surface area contributed by atoms with E-state index in [9.17, 15) is 10.2 Å². The Balaban J connectivity index is 0.000000231. The number of benzene rings is 2. The molecule has 42 heavy (non-hydrogen) atoms. The molecule has 0 aliphatic heterocycles. The Labute approximate surface area is 257 Å². The van der Waals surface area contributed by atoms with Crippen LogP contribution in [-0.2, 0) is 13.1 Å². The lowest BCUT2D eigenvalue weighted by atomic mass is 9.77. The number of aromatic nitrogens is 6. The van der Waals surface area contributed by atoms with Gasteiger partial charge in [0, 0.05) is 6.07 Å². The molecule has 2 atom stereocenters. The first-order valence-corrected chi connectivity index (χ1v) is 14.2. The average Bonchev–Trinajstić information content (AvgIpc) is 3.62. The SMILES string of the molecule is CC(C)(C)C(O)(COc1ccc(Cl)c(Cl)c1)Cn1cncn1.CC(C)(C)C(O)(COc1ccccc1)Cn1cncn1. The van der Waals surface area contributed by atoms with Crippen LogP contribution in [0.2, 0.25) is 10.0 Å². The maximum atomic E-state index is 11.0. The van der Waals surface area contributed by atoms with Crippen molar-refractivity contribution in [1.82, 2.24) is 29.5 Å². The van der Waals surface area contributed by atoms with E-state index in [1.807, 2.05) is 71.9 Å². The zero-order valence-electron chi connectivity index (χ0n) is 24.9. The van der Waals surface area contributed by atoms with E-state index >= 15 is 0 Å². The molecule has 0 bridgehead atoms. The molecule has 0 radical (unpaired) electrons. The van der Waals surface area contributed by atoms with E-state index in [0.29, 0.717) is 22.3 Å². The summed E-state index contributed by atoms with van der Waals surface area (Å²) in [5, 5.41) is 31.0. The second-order valence-electron chi connectivity index (χ2n) is 12.2. The fourth-order valence-corrected chi connectivity index (χ4v) is 3.94. The number of hydrogen-bond acceptors (Lipinski definition) is 8. The number of halogens is 2. The fourth-order valence-electron chi connectivity index (χ4n) is 3.65. The van der Waals surface area contributed by atoms with Crippen molar-refractivity contribution in [2.45, 2.75) is 65.8 Å². The molecule has 2 N–H and O–H groups in total. The number of aliphatic hydroxyl groups is 2. The molecule has 2 aromatic carbocycles. The van der Waals surface area contributed by atoms with Crippen LogP contribution in [0.15, 0.2) is 73.8 Å². The van der Waals surface area contributed by atoms with Crippen molar-refractivity contribution in [2.24, 2.45) is 10.8 Å². The summed E-state index contributed by atoms with van der Waals surface area (Å²) in [4.78, 5) is 7.80. The van der Waals surface area contributed by atoms with Gasteiger partial charge >= 0.3 is 0 Å². The molecule has 228 valence electrons. The largest absolute Gasteiger partial charge is 0.490 e. The molecule has 0 aliphatic carbocycles. The summed E-state index contributed by atoms with van der Waals surface area (Å²) in [5.41, 5.74) is -2.95. The minimum absolute atomic E-state index is 0.0916. The van der Waals surface area contributed by atoms with Crippen LogP contribution in [0.3, 0.4) is 0 Å². The van der Waals surface area contributed by atoms with Crippen molar-refractivity contribution < 1.29 is 19.7 Å². The third-order valence-electron chi connectivity index (χ3n) is 7.16. The first-order valence-electron chi connectivity index (χ1n) is 13.5. The van der Waals surface area contributed by atoms with Crippen LogP contribution in [0.1, 0.15) is 41.5 Å². The standard InChI is InChI=1S/C15H19Cl2N3O2.C15H21N3O2/c1-14(2,3)15(21,7-20-10-18-9-19-20)8-22-11-4-5-12(16)13(17)6-11;1-14(2,3)15(19,9-18-12-16-11-17-18)10-20-13-7-5-4-6-8-13/h4-6,9-10,21H,7-8H2,1-3H3;4-8,11-12,19H,9-10H2,1-3H3. The molecule has 4 aromatic rings. The lowest BCUT2D eigenvalue weighted by Gasteiger charge is -2.39. The number of hydrogen-bond donors (Lipinski definition) is 2. The monoisotopic (exact) mass is 618 g/mol. The van der Waals surface area contributed by atoms with Crippen molar-refractivity contribution in [3.63, 3.8) is 0 Å². The molecule has 0 saturated carbocycles. The molecule has 0 fully saturated rings. The van der Waals surface area contributed by atoms with E-state index in [4.69, 9.17) is 32.7 Å². The summed E-state index contributed by atoms with van der Waals surface area (Å²) in [6.07, 6.45) is 6.05. The Morgan fingerprint density at radius 1 is 0.667 bits per heavy atom. The smallest absolute Gasteiger partial charge is 0.137 e. The predicted octanol–water partition coefficient (Wildman–Crippen LogP) is 5.58. The number of para-hydroxylation sites is 1. The molecule has 10 nitrogen and oxygen atoms in total. The van der Waals surface area contributed by atoms with E-state index in [-0.39, 0.29) is 25.2 Å². The molecule has 0 amide bonds. The summed E-state index contributed by atoms with van der Waals surface area (Å²) in [7, 11) is 0. The highest BCUT2D eigenvalue weighted by molar-refractivity contribution is 6.42. The Bertz CT molecular complexity index is 1360. The maximum Gasteiger partial charge on any atom is 0.137 e. The van der Waals surface area contributed by atoms with Crippen molar-refractivity contribution in [3.05, 3.63) is 83.9 Å². The van der Waals surface area contributed by atoms with E-state index in [0.717, 1.165) is 5.75 Å². The van der Waals surface area contributed by atoms with Crippen molar-refractivity contribution in [1.29, 1.82) is 0 Å². The van der Waals surface area contributed by atoms with Crippen LogP contribution in [0, 0.1) is 10.8 Å². The Morgan fingerprint density at radius 3 is 1.55 bits per heavy atom. The highest BCUT2D eigenvalue weighted by Gasteiger charge is 2.42. The van der Waals surface area contributed by atoms with Gasteiger partial charge in [0.05, 0.1) is 23.1 Å². The summed E-state index contributed by atoms with van der Waals surface area (Å²) in [6, 6.07) is 14.5. The predicted molar refractivity (Wildman–Crippen MR) is 163 cm³/mol. The zero-order chi connectivity index (χ0) is 31.0. The minimum Gasteiger partial charge on any atom is -0.490 e. The van der Waals surface area contributed by atoms with Gasteiger partial charge in [-0.05, 0) is 35.1 Å². The van der Waals surface area contributed by atoms with Gasteiger partial charge < -0.3 is 19.7 Å². The normalized spacial score (nSPS) is 14.7. The molecule has 0 saturated heterocycles. The number of ether oxygens (including phenoxy) is 2. The summed E-state index contributed by atoms with van der Waals surface area (Å²) in [5.74, 6) is 1.30. The van der Waals surface area contributed by atoms with Crippen LogP contribution < -0.4 is 9.47 Å². The van der Waals surface area contributed by atoms with E-state index in [1.54, 1.807) is 40.2 Å². The minimum atomic E-state index is -1.13. The van der Waals surface area contributed by atoms with E-state index < -0.39 is 16.6 Å².